The first-order valence-corrected chi connectivity index (χ1v) is 5.39. The molecule has 118 valence electrons. The average molecular weight is 339 g/mol. The minimum absolute atomic E-state index is 1.11. The highest BCUT2D eigenvalue weighted by atomic mass is 32.1. The standard InChI is InChI=1S/C10H5F8NOS/c11-3-4(12)6(14)8(7(15)5(3)13)20-1-2(9(19)21)10(16,17)18/h2H,1H2,(H2,19,21). The normalized spacial score (nSPS) is 13.1. The third-order valence-electron chi connectivity index (χ3n) is 2.30. The molecule has 21 heavy (non-hydrogen) atoms. The first-order chi connectivity index (χ1) is 9.48. The van der Waals surface area contributed by atoms with Gasteiger partial charge < -0.3 is 10.5 Å². The molecule has 0 aromatic heterocycles. The lowest BCUT2D eigenvalue weighted by Crippen LogP contribution is -2.39. The number of alkyl halides is 3. The molecule has 0 radical (unpaired) electrons. The van der Waals surface area contributed by atoms with Crippen molar-refractivity contribution in [3.05, 3.63) is 29.1 Å². The second kappa shape index (κ2) is 6.00. The molecule has 0 aliphatic rings. The Morgan fingerprint density at radius 2 is 1.33 bits per heavy atom. The van der Waals surface area contributed by atoms with Gasteiger partial charge in [0, 0.05) is 0 Å². The van der Waals surface area contributed by atoms with Crippen LogP contribution >= 0.6 is 12.2 Å². The van der Waals surface area contributed by atoms with Crippen molar-refractivity contribution in [2.75, 3.05) is 6.61 Å². The van der Waals surface area contributed by atoms with E-state index in [-0.39, 0.29) is 0 Å². The SMILES string of the molecule is NC(=S)C(COc1c(F)c(F)c(F)c(F)c1F)C(F)(F)F. The molecule has 2 nitrogen and oxygen atoms in total. The summed E-state index contributed by atoms with van der Waals surface area (Å²) in [6.07, 6.45) is -5.00. The predicted octanol–water partition coefficient (Wildman–Crippen LogP) is 3.23. The fourth-order valence-electron chi connectivity index (χ4n) is 1.22. The van der Waals surface area contributed by atoms with Gasteiger partial charge in [0.05, 0.1) is 4.99 Å². The van der Waals surface area contributed by atoms with Crippen LogP contribution in [0, 0.1) is 35.0 Å². The third kappa shape index (κ3) is 3.52. The minimum atomic E-state index is -5.00. The monoisotopic (exact) mass is 339 g/mol. The van der Waals surface area contributed by atoms with Gasteiger partial charge in [-0.25, -0.2) is 13.2 Å². The number of thiocarbonyl (C=S) groups is 1. The second-order valence-corrected chi connectivity index (χ2v) is 4.18. The molecule has 0 heterocycles. The molecular weight excluding hydrogens is 334 g/mol. The van der Waals surface area contributed by atoms with E-state index in [1.165, 1.54) is 0 Å². The summed E-state index contributed by atoms with van der Waals surface area (Å²) in [7, 11) is 0. The molecule has 0 bridgehead atoms. The fraction of sp³-hybridized carbons (Fsp3) is 0.300. The maximum absolute atomic E-state index is 13.2. The van der Waals surface area contributed by atoms with Crippen molar-refractivity contribution < 1.29 is 39.9 Å². The van der Waals surface area contributed by atoms with E-state index in [1.54, 1.807) is 0 Å². The van der Waals surface area contributed by atoms with Gasteiger partial charge in [-0.2, -0.15) is 22.0 Å². The van der Waals surface area contributed by atoms with Crippen molar-refractivity contribution in [1.29, 1.82) is 0 Å². The van der Waals surface area contributed by atoms with E-state index in [4.69, 9.17) is 5.73 Å². The molecular formula is C10H5F8NOS. The maximum atomic E-state index is 13.2. The van der Waals surface area contributed by atoms with Crippen molar-refractivity contribution >= 4 is 17.2 Å². The molecule has 1 aromatic rings. The molecule has 0 aliphatic carbocycles. The highest BCUT2D eigenvalue weighted by molar-refractivity contribution is 7.80. The largest absolute Gasteiger partial charge is 0.486 e. The Bertz CT molecular complexity index is 544. The third-order valence-corrected chi connectivity index (χ3v) is 2.59. The van der Waals surface area contributed by atoms with Gasteiger partial charge >= 0.3 is 6.18 Å². The van der Waals surface area contributed by atoms with Gasteiger partial charge in [0.15, 0.2) is 5.75 Å². The number of rotatable bonds is 4. The van der Waals surface area contributed by atoms with Crippen molar-refractivity contribution in [2.24, 2.45) is 11.7 Å². The van der Waals surface area contributed by atoms with Gasteiger partial charge in [0.1, 0.15) is 12.5 Å². The van der Waals surface area contributed by atoms with Crippen LogP contribution in [0.4, 0.5) is 35.1 Å². The molecule has 1 aromatic carbocycles. The topological polar surface area (TPSA) is 35.2 Å². The van der Waals surface area contributed by atoms with Gasteiger partial charge in [-0.1, -0.05) is 12.2 Å². The lowest BCUT2D eigenvalue weighted by atomic mass is 10.1. The smallest absolute Gasteiger partial charge is 0.401 e. The molecule has 1 unspecified atom stereocenters. The lowest BCUT2D eigenvalue weighted by Gasteiger charge is -2.19. The Hall–Kier alpha value is -1.65. The van der Waals surface area contributed by atoms with Crippen LogP contribution in [0.15, 0.2) is 0 Å². The second-order valence-electron chi connectivity index (χ2n) is 3.71. The fourth-order valence-corrected chi connectivity index (χ4v) is 1.42. The molecule has 0 aliphatic heterocycles. The summed E-state index contributed by atoms with van der Waals surface area (Å²) in [4.78, 5) is -1.11. The summed E-state index contributed by atoms with van der Waals surface area (Å²) in [6, 6.07) is 0. The first-order valence-electron chi connectivity index (χ1n) is 4.98. The zero-order valence-electron chi connectivity index (χ0n) is 9.70. The summed E-state index contributed by atoms with van der Waals surface area (Å²) >= 11 is 4.10. The van der Waals surface area contributed by atoms with E-state index in [9.17, 15) is 35.1 Å². The van der Waals surface area contributed by atoms with Gasteiger partial charge in [-0.3, -0.25) is 0 Å². The highest BCUT2D eigenvalue weighted by Crippen LogP contribution is 2.32. The van der Waals surface area contributed by atoms with Crippen molar-refractivity contribution in [3.8, 4) is 5.75 Å². The summed E-state index contributed by atoms with van der Waals surface area (Å²) < 4.78 is 106. The first kappa shape index (κ1) is 17.4. The van der Waals surface area contributed by atoms with E-state index in [0.717, 1.165) is 0 Å². The van der Waals surface area contributed by atoms with Crippen LogP contribution in [0.5, 0.6) is 5.75 Å². The van der Waals surface area contributed by atoms with Crippen LogP contribution < -0.4 is 10.5 Å². The molecule has 2 N–H and O–H groups in total. The number of ether oxygens (including phenoxy) is 1. The Morgan fingerprint density at radius 1 is 0.952 bits per heavy atom. The molecule has 0 spiro atoms. The molecule has 0 saturated carbocycles. The van der Waals surface area contributed by atoms with Crippen molar-refractivity contribution in [2.45, 2.75) is 6.18 Å². The molecule has 11 heteroatoms. The van der Waals surface area contributed by atoms with Crippen LogP contribution in [-0.2, 0) is 0 Å². The average Bonchev–Trinajstić information content (AvgIpc) is 2.36. The Labute approximate surface area is 117 Å². The summed E-state index contributed by atoms with van der Waals surface area (Å²) in [5.41, 5.74) is 4.78. The number of benzene rings is 1. The number of halogens is 8. The Kier molecular flexibility index (Phi) is 4.97. The summed E-state index contributed by atoms with van der Waals surface area (Å²) in [5, 5.41) is 0. The van der Waals surface area contributed by atoms with E-state index in [0.29, 0.717) is 0 Å². The number of hydrogen-bond donors (Lipinski definition) is 1. The molecule has 0 saturated heterocycles. The van der Waals surface area contributed by atoms with Gasteiger partial charge in [-0.05, 0) is 0 Å². The van der Waals surface area contributed by atoms with Gasteiger partial charge in [-0.15, -0.1) is 0 Å². The van der Waals surface area contributed by atoms with Crippen LogP contribution in [0.2, 0.25) is 0 Å². The van der Waals surface area contributed by atoms with Crippen LogP contribution in [0.3, 0.4) is 0 Å². The Morgan fingerprint density at radius 3 is 1.67 bits per heavy atom. The number of hydrogen-bond acceptors (Lipinski definition) is 2. The predicted molar refractivity (Wildman–Crippen MR) is 58.1 cm³/mol. The molecule has 0 fully saturated rings. The van der Waals surface area contributed by atoms with E-state index in [1.807, 2.05) is 0 Å². The van der Waals surface area contributed by atoms with E-state index < -0.39 is 58.5 Å². The van der Waals surface area contributed by atoms with Crippen LogP contribution in [0.25, 0.3) is 0 Å². The zero-order chi connectivity index (χ0) is 16.5. The lowest BCUT2D eigenvalue weighted by molar-refractivity contribution is -0.161. The van der Waals surface area contributed by atoms with Gasteiger partial charge in [0.2, 0.25) is 29.1 Å². The number of nitrogens with two attached hydrogens (primary N) is 1. The summed E-state index contributed by atoms with van der Waals surface area (Å²) in [5.74, 6) is -16.4. The molecule has 1 rings (SSSR count). The molecule has 1 atom stereocenters. The highest BCUT2D eigenvalue weighted by Gasteiger charge is 2.43. The van der Waals surface area contributed by atoms with Crippen molar-refractivity contribution in [1.82, 2.24) is 0 Å². The van der Waals surface area contributed by atoms with E-state index >= 15 is 0 Å². The van der Waals surface area contributed by atoms with Crippen molar-refractivity contribution in [3.63, 3.8) is 0 Å². The van der Waals surface area contributed by atoms with E-state index in [2.05, 4.69) is 17.0 Å². The van der Waals surface area contributed by atoms with Crippen LogP contribution in [0.1, 0.15) is 0 Å². The maximum Gasteiger partial charge on any atom is 0.401 e. The van der Waals surface area contributed by atoms with Gasteiger partial charge in [0.25, 0.3) is 0 Å². The zero-order valence-corrected chi connectivity index (χ0v) is 10.5. The minimum Gasteiger partial charge on any atom is -0.486 e. The Balaban J connectivity index is 3.13. The quantitative estimate of drug-likeness (QED) is 0.396. The summed E-state index contributed by atoms with van der Waals surface area (Å²) in [6.45, 7) is -1.53. The molecule has 0 amide bonds. The van der Waals surface area contributed by atoms with Crippen LogP contribution in [-0.4, -0.2) is 17.8 Å².